The van der Waals surface area contributed by atoms with Crippen molar-refractivity contribution in [2.75, 3.05) is 0 Å². The summed E-state index contributed by atoms with van der Waals surface area (Å²) in [6, 6.07) is 17.4. The first kappa shape index (κ1) is 16.7. The first-order valence-electron chi connectivity index (χ1n) is 7.34. The lowest BCUT2D eigenvalue weighted by Gasteiger charge is -2.09. The van der Waals surface area contributed by atoms with Crippen LogP contribution in [0.1, 0.15) is 16.9 Å². The number of hydrogen-bond acceptors (Lipinski definition) is 3. The highest BCUT2D eigenvalue weighted by Crippen LogP contribution is 2.33. The van der Waals surface area contributed by atoms with Gasteiger partial charge < -0.3 is 9.15 Å². The molecule has 3 aromatic rings. The second-order valence-corrected chi connectivity index (χ2v) is 5.27. The van der Waals surface area contributed by atoms with E-state index in [1.54, 1.807) is 36.4 Å². The predicted molar refractivity (Wildman–Crippen MR) is 84.6 cm³/mol. The van der Waals surface area contributed by atoms with Gasteiger partial charge in [0.2, 0.25) is 5.76 Å². The van der Waals surface area contributed by atoms with Gasteiger partial charge in [-0.2, -0.15) is 18.4 Å². The second-order valence-electron chi connectivity index (χ2n) is 5.27. The molecule has 6 heteroatoms. The van der Waals surface area contributed by atoms with Gasteiger partial charge in [0, 0.05) is 5.56 Å². The highest BCUT2D eigenvalue weighted by Gasteiger charge is 2.37. The van der Waals surface area contributed by atoms with Crippen molar-refractivity contribution in [3.63, 3.8) is 0 Å². The first-order chi connectivity index (χ1) is 12.0. The zero-order valence-electron chi connectivity index (χ0n) is 12.9. The van der Waals surface area contributed by atoms with E-state index in [0.29, 0.717) is 11.3 Å². The lowest BCUT2D eigenvalue weighted by molar-refractivity contribution is -0.154. The lowest BCUT2D eigenvalue weighted by atomic mass is 10.0. The number of halogens is 3. The molecular weight excluding hydrogens is 331 g/mol. The molecule has 0 saturated heterocycles. The first-order valence-corrected chi connectivity index (χ1v) is 7.34. The van der Waals surface area contributed by atoms with Crippen LogP contribution in [0.3, 0.4) is 0 Å². The third-order valence-electron chi connectivity index (χ3n) is 3.60. The summed E-state index contributed by atoms with van der Waals surface area (Å²) in [5, 5.41) is 8.80. The molecule has 0 aliphatic heterocycles. The third-order valence-corrected chi connectivity index (χ3v) is 3.60. The van der Waals surface area contributed by atoms with E-state index in [0.717, 1.165) is 17.4 Å². The van der Waals surface area contributed by atoms with Gasteiger partial charge in [-0.25, -0.2) is 0 Å². The average Bonchev–Trinajstić information content (AvgIpc) is 3.10. The van der Waals surface area contributed by atoms with Gasteiger partial charge in [-0.3, -0.25) is 0 Å². The maximum atomic E-state index is 12.7. The molecule has 0 bridgehead atoms. The Kier molecular flexibility index (Phi) is 4.48. The normalized spacial score (nSPS) is 11.1. The summed E-state index contributed by atoms with van der Waals surface area (Å²) in [6.07, 6.45) is -3.54. The van der Waals surface area contributed by atoms with Gasteiger partial charge in [-0.05, 0) is 41.5 Å². The standard InChI is InChI=1S/C19H12F3NO2/c20-19(21,22)18-16(9-10-24-18)12-25-17-7-5-15(6-8-17)14-3-1-13(11-23)2-4-14/h1-10H,12H2. The average molecular weight is 343 g/mol. The number of benzene rings is 2. The highest BCUT2D eigenvalue weighted by molar-refractivity contribution is 5.64. The molecular formula is C19H12F3NO2. The zero-order valence-corrected chi connectivity index (χ0v) is 12.9. The maximum absolute atomic E-state index is 12.7. The molecule has 0 fully saturated rings. The molecule has 3 nitrogen and oxygen atoms in total. The Labute approximate surface area is 141 Å². The molecule has 0 amide bonds. The molecule has 126 valence electrons. The summed E-state index contributed by atoms with van der Waals surface area (Å²) in [5.74, 6) is -0.589. The number of nitriles is 1. The molecule has 1 heterocycles. The van der Waals surface area contributed by atoms with Gasteiger partial charge in [-0.1, -0.05) is 24.3 Å². The van der Waals surface area contributed by atoms with Crippen molar-refractivity contribution < 1.29 is 22.3 Å². The Bertz CT molecular complexity index is 888. The van der Waals surface area contributed by atoms with Crippen LogP contribution in [0.15, 0.2) is 65.3 Å². The van der Waals surface area contributed by atoms with Gasteiger partial charge in [0.15, 0.2) is 0 Å². The van der Waals surface area contributed by atoms with Gasteiger partial charge in [0.25, 0.3) is 0 Å². The van der Waals surface area contributed by atoms with E-state index < -0.39 is 11.9 Å². The minimum Gasteiger partial charge on any atom is -0.489 e. The Hall–Kier alpha value is -3.20. The molecule has 0 radical (unpaired) electrons. The molecule has 3 rings (SSSR count). The van der Waals surface area contributed by atoms with Crippen LogP contribution >= 0.6 is 0 Å². The van der Waals surface area contributed by atoms with Crippen molar-refractivity contribution in [2.45, 2.75) is 12.8 Å². The summed E-state index contributed by atoms with van der Waals surface area (Å²) in [6.45, 7) is -0.235. The van der Waals surface area contributed by atoms with Crippen molar-refractivity contribution in [1.82, 2.24) is 0 Å². The summed E-state index contributed by atoms with van der Waals surface area (Å²) in [4.78, 5) is 0. The summed E-state index contributed by atoms with van der Waals surface area (Å²) in [7, 11) is 0. The van der Waals surface area contributed by atoms with Crippen molar-refractivity contribution in [3.05, 3.63) is 77.7 Å². The van der Waals surface area contributed by atoms with Gasteiger partial charge in [0.05, 0.1) is 17.9 Å². The van der Waals surface area contributed by atoms with Crippen molar-refractivity contribution in [1.29, 1.82) is 5.26 Å². The van der Waals surface area contributed by atoms with Crippen LogP contribution in [0.2, 0.25) is 0 Å². The summed E-state index contributed by atoms with van der Waals surface area (Å²) in [5.41, 5.74) is 2.36. The van der Waals surface area contributed by atoms with E-state index in [1.807, 2.05) is 12.1 Å². The van der Waals surface area contributed by atoms with Crippen molar-refractivity contribution in [3.8, 4) is 22.9 Å². The van der Waals surface area contributed by atoms with Crippen LogP contribution in [-0.2, 0) is 12.8 Å². The summed E-state index contributed by atoms with van der Waals surface area (Å²) >= 11 is 0. The van der Waals surface area contributed by atoms with Gasteiger partial charge in [0.1, 0.15) is 12.4 Å². The van der Waals surface area contributed by atoms with Crippen molar-refractivity contribution in [2.24, 2.45) is 0 Å². The third kappa shape index (κ3) is 3.83. The largest absolute Gasteiger partial charge is 0.489 e. The fourth-order valence-electron chi connectivity index (χ4n) is 2.34. The van der Waals surface area contributed by atoms with Crippen LogP contribution in [0.25, 0.3) is 11.1 Å². The van der Waals surface area contributed by atoms with Gasteiger partial charge in [-0.15, -0.1) is 0 Å². The van der Waals surface area contributed by atoms with Crippen molar-refractivity contribution >= 4 is 0 Å². The number of hydrogen-bond donors (Lipinski definition) is 0. The van der Waals surface area contributed by atoms with E-state index >= 15 is 0 Å². The molecule has 0 spiro atoms. The molecule has 0 atom stereocenters. The molecule has 1 aromatic heterocycles. The number of furan rings is 1. The van der Waals surface area contributed by atoms with Crippen LogP contribution in [0.5, 0.6) is 5.75 Å². The molecule has 0 N–H and O–H groups in total. The predicted octanol–water partition coefficient (Wildman–Crippen LogP) is 5.42. The van der Waals surface area contributed by atoms with E-state index in [-0.39, 0.29) is 12.2 Å². The lowest BCUT2D eigenvalue weighted by Crippen LogP contribution is -2.08. The second kappa shape index (κ2) is 6.73. The minimum absolute atomic E-state index is 0.0522. The van der Waals surface area contributed by atoms with Crippen LogP contribution < -0.4 is 4.74 Å². The number of nitrogens with zero attached hydrogens (tertiary/aromatic N) is 1. The molecule has 0 aliphatic rings. The fraction of sp³-hybridized carbons (Fsp3) is 0.105. The zero-order chi connectivity index (χ0) is 17.9. The smallest absolute Gasteiger partial charge is 0.449 e. The number of alkyl halides is 3. The Morgan fingerprint density at radius 3 is 2.08 bits per heavy atom. The Morgan fingerprint density at radius 2 is 1.52 bits per heavy atom. The van der Waals surface area contributed by atoms with Crippen LogP contribution in [0.4, 0.5) is 13.2 Å². The topological polar surface area (TPSA) is 46.2 Å². The van der Waals surface area contributed by atoms with E-state index in [4.69, 9.17) is 10.00 Å². The molecule has 25 heavy (non-hydrogen) atoms. The highest BCUT2D eigenvalue weighted by atomic mass is 19.4. The molecule has 0 saturated carbocycles. The Morgan fingerprint density at radius 1 is 0.920 bits per heavy atom. The number of ether oxygens (including phenoxy) is 1. The fourth-order valence-corrected chi connectivity index (χ4v) is 2.34. The quantitative estimate of drug-likeness (QED) is 0.636. The SMILES string of the molecule is N#Cc1ccc(-c2ccc(OCc3ccoc3C(F)(F)F)cc2)cc1. The maximum Gasteiger partial charge on any atom is 0.449 e. The monoisotopic (exact) mass is 343 g/mol. The van der Waals surface area contributed by atoms with E-state index in [9.17, 15) is 13.2 Å². The van der Waals surface area contributed by atoms with E-state index in [1.165, 1.54) is 6.07 Å². The van der Waals surface area contributed by atoms with Crippen LogP contribution in [0, 0.1) is 11.3 Å². The minimum atomic E-state index is -4.54. The van der Waals surface area contributed by atoms with E-state index in [2.05, 4.69) is 10.5 Å². The molecule has 2 aromatic carbocycles. The molecule has 0 aliphatic carbocycles. The van der Waals surface area contributed by atoms with Gasteiger partial charge >= 0.3 is 6.18 Å². The molecule has 0 unspecified atom stereocenters. The summed E-state index contributed by atoms with van der Waals surface area (Å²) < 4.78 is 48.1. The Balaban J connectivity index is 1.69. The van der Waals surface area contributed by atoms with Crippen LogP contribution in [-0.4, -0.2) is 0 Å². The number of rotatable bonds is 4.